The molecule has 160 valence electrons. The molecular formula is C19H19BrCl2N4O3S. The second-order valence-electron chi connectivity index (χ2n) is 6.56. The number of nitrogens with one attached hydrogen (secondary N) is 1. The van der Waals surface area contributed by atoms with Crippen LogP contribution in [0.25, 0.3) is 0 Å². The Labute approximate surface area is 193 Å². The molecule has 0 bridgehead atoms. The SMILES string of the molecule is O=C(CN1CCN(S(=O)(=O)c2ccc(Br)cc2)CC1)N/N=C\c1c(Cl)cccc1Cl. The maximum absolute atomic E-state index is 12.7. The van der Waals surface area contributed by atoms with Crippen molar-refractivity contribution < 1.29 is 13.2 Å². The summed E-state index contributed by atoms with van der Waals surface area (Å²) in [7, 11) is -3.55. The van der Waals surface area contributed by atoms with E-state index in [2.05, 4.69) is 26.5 Å². The highest BCUT2D eigenvalue weighted by Crippen LogP contribution is 2.22. The minimum atomic E-state index is -3.55. The van der Waals surface area contributed by atoms with Gasteiger partial charge in [0, 0.05) is 36.2 Å². The van der Waals surface area contributed by atoms with Gasteiger partial charge in [0.15, 0.2) is 0 Å². The largest absolute Gasteiger partial charge is 0.292 e. The van der Waals surface area contributed by atoms with Crippen LogP contribution in [0, 0.1) is 0 Å². The normalized spacial score (nSPS) is 16.1. The van der Waals surface area contributed by atoms with E-state index in [4.69, 9.17) is 23.2 Å². The molecule has 0 aliphatic carbocycles. The summed E-state index contributed by atoms with van der Waals surface area (Å²) in [6, 6.07) is 11.6. The zero-order valence-corrected chi connectivity index (χ0v) is 19.7. The molecule has 1 aliphatic heterocycles. The number of halogens is 3. The maximum Gasteiger partial charge on any atom is 0.254 e. The predicted molar refractivity (Wildman–Crippen MR) is 122 cm³/mol. The molecule has 2 aromatic rings. The lowest BCUT2D eigenvalue weighted by Crippen LogP contribution is -2.50. The van der Waals surface area contributed by atoms with E-state index >= 15 is 0 Å². The zero-order chi connectivity index (χ0) is 21.7. The highest BCUT2D eigenvalue weighted by atomic mass is 79.9. The summed E-state index contributed by atoms with van der Waals surface area (Å²) in [5.41, 5.74) is 2.96. The number of sulfonamides is 1. The number of piperazine rings is 1. The molecule has 11 heteroatoms. The predicted octanol–water partition coefficient (Wildman–Crippen LogP) is 3.21. The van der Waals surface area contributed by atoms with Crippen LogP contribution >= 0.6 is 39.1 Å². The van der Waals surface area contributed by atoms with E-state index in [1.54, 1.807) is 42.5 Å². The van der Waals surface area contributed by atoms with Gasteiger partial charge in [0.1, 0.15) is 0 Å². The average molecular weight is 534 g/mol. The van der Waals surface area contributed by atoms with Crippen molar-refractivity contribution >= 4 is 61.3 Å². The Morgan fingerprint density at radius 2 is 1.67 bits per heavy atom. The maximum atomic E-state index is 12.7. The Hall–Kier alpha value is -1.49. The van der Waals surface area contributed by atoms with E-state index in [0.29, 0.717) is 41.8 Å². The molecular weight excluding hydrogens is 515 g/mol. The number of hydrogen-bond acceptors (Lipinski definition) is 5. The first-order valence-electron chi connectivity index (χ1n) is 9.01. The van der Waals surface area contributed by atoms with Crippen LogP contribution in [0.1, 0.15) is 5.56 Å². The molecule has 0 atom stereocenters. The lowest BCUT2D eigenvalue weighted by atomic mass is 10.2. The first kappa shape index (κ1) is 23.2. The molecule has 0 spiro atoms. The van der Waals surface area contributed by atoms with E-state index < -0.39 is 10.0 Å². The Balaban J connectivity index is 1.50. The van der Waals surface area contributed by atoms with E-state index in [0.717, 1.165) is 4.47 Å². The smallest absolute Gasteiger partial charge is 0.254 e. The summed E-state index contributed by atoms with van der Waals surface area (Å²) in [5.74, 6) is -0.307. The number of hydrazone groups is 1. The number of nitrogens with zero attached hydrogens (tertiary/aromatic N) is 3. The molecule has 7 nitrogen and oxygen atoms in total. The molecule has 1 saturated heterocycles. The van der Waals surface area contributed by atoms with Crippen LogP contribution in [0.5, 0.6) is 0 Å². The van der Waals surface area contributed by atoms with Gasteiger partial charge in [-0.05, 0) is 36.4 Å². The quantitative estimate of drug-likeness (QED) is 0.456. The minimum absolute atomic E-state index is 0.111. The molecule has 0 radical (unpaired) electrons. The molecule has 1 fully saturated rings. The highest BCUT2D eigenvalue weighted by molar-refractivity contribution is 9.10. The fraction of sp³-hybridized carbons (Fsp3) is 0.263. The van der Waals surface area contributed by atoms with Crippen LogP contribution in [0.15, 0.2) is 56.9 Å². The number of hydrogen-bond donors (Lipinski definition) is 1. The fourth-order valence-electron chi connectivity index (χ4n) is 2.92. The van der Waals surface area contributed by atoms with Gasteiger partial charge in [-0.1, -0.05) is 45.2 Å². The lowest BCUT2D eigenvalue weighted by molar-refractivity contribution is -0.122. The van der Waals surface area contributed by atoms with Gasteiger partial charge in [-0.3, -0.25) is 9.69 Å². The topological polar surface area (TPSA) is 82.1 Å². The van der Waals surface area contributed by atoms with Gasteiger partial charge in [-0.2, -0.15) is 9.41 Å². The molecule has 3 rings (SSSR count). The van der Waals surface area contributed by atoms with E-state index in [-0.39, 0.29) is 17.3 Å². The van der Waals surface area contributed by atoms with Gasteiger partial charge in [0.2, 0.25) is 10.0 Å². The van der Waals surface area contributed by atoms with Crippen LogP contribution < -0.4 is 5.43 Å². The third-order valence-electron chi connectivity index (χ3n) is 4.53. The second-order valence-corrected chi connectivity index (χ2v) is 10.2. The molecule has 1 aliphatic rings. The zero-order valence-electron chi connectivity index (χ0n) is 15.8. The van der Waals surface area contributed by atoms with Gasteiger partial charge in [0.05, 0.1) is 27.7 Å². The van der Waals surface area contributed by atoms with Crippen molar-refractivity contribution in [3.8, 4) is 0 Å². The van der Waals surface area contributed by atoms with Gasteiger partial charge in [-0.25, -0.2) is 13.8 Å². The third-order valence-corrected chi connectivity index (χ3v) is 7.63. The first-order valence-corrected chi connectivity index (χ1v) is 12.0. The van der Waals surface area contributed by atoms with Crippen molar-refractivity contribution in [3.05, 3.63) is 62.5 Å². The monoisotopic (exact) mass is 532 g/mol. The Morgan fingerprint density at radius 3 is 2.27 bits per heavy atom. The molecule has 1 amide bonds. The summed E-state index contributed by atoms with van der Waals surface area (Å²) >= 11 is 15.4. The van der Waals surface area contributed by atoms with Crippen molar-refractivity contribution in [2.24, 2.45) is 5.10 Å². The molecule has 30 heavy (non-hydrogen) atoms. The minimum Gasteiger partial charge on any atom is -0.292 e. The number of carbonyl (C=O) groups is 1. The van der Waals surface area contributed by atoms with E-state index in [1.165, 1.54) is 10.5 Å². The number of amides is 1. The van der Waals surface area contributed by atoms with Gasteiger partial charge in [0.25, 0.3) is 5.91 Å². The summed E-state index contributed by atoms with van der Waals surface area (Å²) in [6.07, 6.45) is 1.39. The van der Waals surface area contributed by atoms with Crippen LogP contribution in [0.3, 0.4) is 0 Å². The summed E-state index contributed by atoms with van der Waals surface area (Å²) < 4.78 is 27.7. The molecule has 2 aromatic carbocycles. The Bertz CT molecular complexity index is 1020. The van der Waals surface area contributed by atoms with Crippen LogP contribution in [-0.2, 0) is 14.8 Å². The highest BCUT2D eigenvalue weighted by Gasteiger charge is 2.28. The van der Waals surface area contributed by atoms with Crippen LogP contribution in [0.2, 0.25) is 10.0 Å². The van der Waals surface area contributed by atoms with Crippen molar-refractivity contribution in [2.75, 3.05) is 32.7 Å². The van der Waals surface area contributed by atoms with Crippen molar-refractivity contribution in [1.29, 1.82) is 0 Å². The van der Waals surface area contributed by atoms with Crippen molar-refractivity contribution in [1.82, 2.24) is 14.6 Å². The van der Waals surface area contributed by atoms with Crippen LogP contribution in [0.4, 0.5) is 0 Å². The fourth-order valence-corrected chi connectivity index (χ4v) is 5.11. The Kier molecular flexibility index (Phi) is 7.89. The Morgan fingerprint density at radius 1 is 1.07 bits per heavy atom. The molecule has 0 unspecified atom stereocenters. The summed E-state index contributed by atoms with van der Waals surface area (Å²) in [6.45, 7) is 1.63. The second kappa shape index (κ2) is 10.2. The summed E-state index contributed by atoms with van der Waals surface area (Å²) in [4.78, 5) is 14.3. The lowest BCUT2D eigenvalue weighted by Gasteiger charge is -2.33. The van der Waals surface area contributed by atoms with Gasteiger partial charge >= 0.3 is 0 Å². The third kappa shape index (κ3) is 5.81. The molecule has 1 heterocycles. The van der Waals surface area contributed by atoms with Crippen molar-refractivity contribution in [2.45, 2.75) is 4.90 Å². The van der Waals surface area contributed by atoms with Gasteiger partial charge in [-0.15, -0.1) is 0 Å². The average Bonchev–Trinajstić information content (AvgIpc) is 2.71. The van der Waals surface area contributed by atoms with E-state index in [1.807, 2.05) is 4.90 Å². The number of benzene rings is 2. The van der Waals surface area contributed by atoms with Crippen molar-refractivity contribution in [3.63, 3.8) is 0 Å². The molecule has 0 aromatic heterocycles. The van der Waals surface area contributed by atoms with Gasteiger partial charge < -0.3 is 0 Å². The van der Waals surface area contributed by atoms with Crippen LogP contribution in [-0.4, -0.2) is 62.5 Å². The summed E-state index contributed by atoms with van der Waals surface area (Å²) in [5, 5.41) is 4.77. The van der Waals surface area contributed by atoms with E-state index in [9.17, 15) is 13.2 Å². The molecule has 1 N–H and O–H groups in total. The number of carbonyl (C=O) groups excluding carboxylic acids is 1. The number of rotatable bonds is 6. The standard InChI is InChI=1S/C19H19BrCl2N4O3S/c20-14-4-6-15(7-5-14)30(28,29)26-10-8-25(9-11-26)13-19(27)24-23-12-16-17(21)2-1-3-18(16)22/h1-7,12H,8-11,13H2,(H,24,27)/b23-12-. The molecule has 0 saturated carbocycles. The first-order chi connectivity index (χ1) is 14.3.